The minimum Gasteiger partial charge on any atom is -0.463 e. The number of esters is 3. The number of aliphatic hydroxyl groups is 3. The van der Waals surface area contributed by atoms with Gasteiger partial charge >= 0.3 is 17.9 Å². The lowest BCUT2D eigenvalue weighted by Gasteiger charge is -2.53. The molecule has 13 nitrogen and oxygen atoms in total. The van der Waals surface area contributed by atoms with E-state index in [9.17, 15) is 34.1 Å². The lowest BCUT2D eigenvalue weighted by molar-refractivity contribution is -0.272. The van der Waals surface area contributed by atoms with E-state index in [0.717, 1.165) is 11.1 Å². The molecular formula is C30H37FO13. The van der Waals surface area contributed by atoms with Crippen LogP contribution >= 0.6 is 0 Å². The van der Waals surface area contributed by atoms with Crippen molar-refractivity contribution in [2.75, 3.05) is 13.2 Å². The van der Waals surface area contributed by atoms with Crippen LogP contribution in [0.25, 0.3) is 0 Å². The summed E-state index contributed by atoms with van der Waals surface area (Å²) in [6, 6.07) is 0. The maximum absolute atomic E-state index is 13.6. The van der Waals surface area contributed by atoms with Gasteiger partial charge in [0.2, 0.25) is 0 Å². The van der Waals surface area contributed by atoms with Crippen LogP contribution in [0.1, 0.15) is 52.9 Å². The molecule has 242 valence electrons. The standard InChI is InChI=1S/C30H37FO13/c1-11(2)28-22(43-28)23-30(44-23)27(3)7-6-12-13(9-39-24(12)36)14(27)8-16-29(30,42-16)26(28)41-18(33)5-4-17(32)38-10-15-20(34)21(35)19(31)25(37)40-15/h11,14-16,19-23,25-26,34-35,37H,4-10H2,1-3H3/t14-,15+,16-,19+,20+,21+,22-,23-,25?,26+,27-,28-,29+,30+/m0/s1. The van der Waals surface area contributed by atoms with E-state index in [1.807, 2.05) is 13.8 Å². The first-order valence-corrected chi connectivity index (χ1v) is 15.4. The average molecular weight is 625 g/mol. The summed E-state index contributed by atoms with van der Waals surface area (Å²) in [4.78, 5) is 38.1. The number of aliphatic hydroxyl groups excluding tert-OH is 3. The number of rotatable bonds is 7. The van der Waals surface area contributed by atoms with Crippen molar-refractivity contribution < 1.29 is 67.3 Å². The van der Waals surface area contributed by atoms with Gasteiger partial charge in [-0.1, -0.05) is 20.8 Å². The first-order chi connectivity index (χ1) is 20.8. The van der Waals surface area contributed by atoms with Crippen LogP contribution in [0.3, 0.4) is 0 Å². The summed E-state index contributed by atoms with van der Waals surface area (Å²) in [5.41, 5.74) is -1.06. The zero-order chi connectivity index (χ0) is 31.1. The lowest BCUT2D eigenvalue weighted by atomic mass is 9.46. The Morgan fingerprint density at radius 2 is 1.82 bits per heavy atom. The minimum atomic E-state index is -2.20. The highest BCUT2D eigenvalue weighted by atomic mass is 19.1. The van der Waals surface area contributed by atoms with Crippen LogP contribution in [0, 0.1) is 17.3 Å². The van der Waals surface area contributed by atoms with Crippen molar-refractivity contribution in [3.8, 4) is 0 Å². The van der Waals surface area contributed by atoms with Gasteiger partial charge in [0.1, 0.15) is 54.9 Å². The van der Waals surface area contributed by atoms with Crippen molar-refractivity contribution in [2.45, 2.75) is 125 Å². The highest BCUT2D eigenvalue weighted by Crippen LogP contribution is 2.83. The molecule has 4 saturated heterocycles. The van der Waals surface area contributed by atoms with E-state index < -0.39 is 77.6 Å². The van der Waals surface area contributed by atoms with Crippen LogP contribution < -0.4 is 0 Å². The van der Waals surface area contributed by atoms with Crippen molar-refractivity contribution in [3.05, 3.63) is 11.1 Å². The fraction of sp³-hybridized carbons (Fsp3) is 0.833. The second-order valence-electron chi connectivity index (χ2n) is 14.0. The number of fused-ring (bicyclic) bond motifs is 4. The number of epoxide rings is 3. The summed E-state index contributed by atoms with van der Waals surface area (Å²) < 4.78 is 54.9. The third-order valence-electron chi connectivity index (χ3n) is 11.9. The van der Waals surface area contributed by atoms with Gasteiger partial charge in [-0.15, -0.1) is 0 Å². The van der Waals surface area contributed by atoms with Gasteiger partial charge in [-0.3, -0.25) is 9.59 Å². The molecule has 0 aromatic rings. The van der Waals surface area contributed by atoms with Crippen LogP contribution in [-0.2, 0) is 47.5 Å². The van der Waals surface area contributed by atoms with Crippen molar-refractivity contribution in [2.24, 2.45) is 17.3 Å². The molecule has 44 heavy (non-hydrogen) atoms. The Balaban J connectivity index is 0.974. The SMILES string of the molecule is CC(C)[C@]12O[C@H]1[C@@H]1O[C@]13[C@]1(O[C@H]1C[C@H]1C4=C(CC[C@@]13C)C(=O)OC4)[C@@H]2OC(=O)CCC(=O)OC[C@H]1OC(O)[C@H](F)[C@@H](O)[C@@H]1O. The Bertz CT molecular complexity index is 1350. The fourth-order valence-corrected chi connectivity index (χ4v) is 9.53. The van der Waals surface area contributed by atoms with Crippen LogP contribution in [0.2, 0.25) is 0 Å². The van der Waals surface area contributed by atoms with Gasteiger partial charge in [0.15, 0.2) is 24.2 Å². The van der Waals surface area contributed by atoms with E-state index in [1.165, 1.54) is 0 Å². The predicted octanol–water partition coefficient (Wildman–Crippen LogP) is -0.245. The van der Waals surface area contributed by atoms with Crippen LogP contribution in [0.15, 0.2) is 11.1 Å². The summed E-state index contributed by atoms with van der Waals surface area (Å²) in [5.74, 6) is -1.69. The van der Waals surface area contributed by atoms with Gasteiger partial charge in [-0.25, -0.2) is 9.18 Å². The molecule has 14 atom stereocenters. The Kier molecular flexibility index (Phi) is 6.11. The van der Waals surface area contributed by atoms with Crippen molar-refractivity contribution in [3.63, 3.8) is 0 Å². The van der Waals surface area contributed by atoms with Crippen molar-refractivity contribution in [1.29, 1.82) is 0 Å². The summed E-state index contributed by atoms with van der Waals surface area (Å²) in [6.07, 6.45) is -9.43. The number of hydrogen-bond donors (Lipinski definition) is 3. The van der Waals surface area contributed by atoms with E-state index in [-0.39, 0.29) is 55.6 Å². The van der Waals surface area contributed by atoms with Gasteiger partial charge < -0.3 is 48.5 Å². The highest BCUT2D eigenvalue weighted by molar-refractivity contribution is 5.92. The summed E-state index contributed by atoms with van der Waals surface area (Å²) in [7, 11) is 0. The van der Waals surface area contributed by atoms with Gasteiger partial charge in [-0.05, 0) is 36.7 Å². The number of carbonyl (C=O) groups excluding carboxylic acids is 3. The molecule has 0 amide bonds. The van der Waals surface area contributed by atoms with E-state index in [2.05, 4.69) is 6.92 Å². The fourth-order valence-electron chi connectivity index (χ4n) is 9.53. The van der Waals surface area contributed by atoms with Crippen LogP contribution in [-0.4, -0.2) is 118 Å². The quantitative estimate of drug-likeness (QED) is 0.192. The van der Waals surface area contributed by atoms with E-state index >= 15 is 0 Å². The van der Waals surface area contributed by atoms with E-state index in [1.54, 1.807) is 0 Å². The first kappa shape index (κ1) is 29.2. The molecule has 3 N–H and O–H groups in total. The normalized spacial score (nSPS) is 52.4. The maximum Gasteiger partial charge on any atom is 0.334 e. The zero-order valence-electron chi connectivity index (χ0n) is 24.6. The number of hydrogen-bond acceptors (Lipinski definition) is 13. The molecule has 0 radical (unpaired) electrons. The number of carbonyl (C=O) groups is 3. The second kappa shape index (κ2) is 9.20. The highest BCUT2D eigenvalue weighted by Gasteiger charge is 3.01. The maximum atomic E-state index is 13.6. The first-order valence-electron chi connectivity index (χ1n) is 15.4. The molecule has 0 aromatic carbocycles. The Hall–Kier alpha value is -2.20. The summed E-state index contributed by atoms with van der Waals surface area (Å²) in [5, 5.41) is 29.2. The third kappa shape index (κ3) is 3.45. The molecule has 2 spiro atoms. The van der Waals surface area contributed by atoms with Crippen molar-refractivity contribution >= 4 is 17.9 Å². The molecule has 8 rings (SSSR count). The monoisotopic (exact) mass is 624 g/mol. The van der Waals surface area contributed by atoms with Crippen LogP contribution in [0.5, 0.6) is 0 Å². The number of halogens is 1. The molecule has 6 fully saturated rings. The second-order valence-corrected chi connectivity index (χ2v) is 14.0. The largest absolute Gasteiger partial charge is 0.463 e. The van der Waals surface area contributed by atoms with E-state index in [4.69, 9.17) is 33.2 Å². The van der Waals surface area contributed by atoms with Crippen molar-refractivity contribution in [1.82, 2.24) is 0 Å². The number of cyclic esters (lactones) is 1. The Morgan fingerprint density at radius 3 is 2.57 bits per heavy atom. The topological polar surface area (TPSA) is 186 Å². The van der Waals surface area contributed by atoms with Gasteiger partial charge in [0, 0.05) is 11.0 Å². The van der Waals surface area contributed by atoms with Crippen LogP contribution in [0.4, 0.5) is 4.39 Å². The van der Waals surface area contributed by atoms with Gasteiger partial charge in [-0.2, -0.15) is 0 Å². The smallest absolute Gasteiger partial charge is 0.334 e. The molecule has 3 aliphatic carbocycles. The number of alkyl halides is 1. The average Bonchev–Trinajstić information content (AvgIpc) is 3.90. The molecule has 2 saturated carbocycles. The lowest BCUT2D eigenvalue weighted by Crippen LogP contribution is -2.70. The molecule has 0 aromatic heterocycles. The minimum absolute atomic E-state index is 0.0275. The van der Waals surface area contributed by atoms with Gasteiger partial charge in [0.05, 0.1) is 18.9 Å². The Labute approximate surface area is 251 Å². The van der Waals surface area contributed by atoms with E-state index in [0.29, 0.717) is 19.3 Å². The molecule has 1 unspecified atom stereocenters. The molecule has 5 heterocycles. The zero-order valence-corrected chi connectivity index (χ0v) is 24.6. The summed E-state index contributed by atoms with van der Waals surface area (Å²) >= 11 is 0. The molecule has 8 aliphatic rings. The van der Waals surface area contributed by atoms with Gasteiger partial charge in [0.25, 0.3) is 0 Å². The molecular weight excluding hydrogens is 587 g/mol. The Morgan fingerprint density at radius 1 is 1.07 bits per heavy atom. The molecule has 5 aliphatic heterocycles. The number of ether oxygens (including phenoxy) is 7. The third-order valence-corrected chi connectivity index (χ3v) is 11.9. The summed E-state index contributed by atoms with van der Waals surface area (Å²) in [6.45, 7) is 5.92. The predicted molar refractivity (Wildman–Crippen MR) is 139 cm³/mol. The molecule has 0 bridgehead atoms. The molecule has 14 heteroatoms.